The molecule has 4 nitrogen and oxygen atoms in total. The number of nitrogens with zero attached hydrogens (tertiary/aromatic N) is 1. The van der Waals surface area contributed by atoms with E-state index in [-0.39, 0.29) is 5.75 Å². The Bertz CT molecular complexity index is 752. The molecule has 1 saturated heterocycles. The van der Waals surface area contributed by atoms with Crippen LogP contribution >= 0.6 is 0 Å². The van der Waals surface area contributed by atoms with Crippen molar-refractivity contribution in [3.05, 3.63) is 65.7 Å². The SMILES string of the molecule is O=S(=O)(Cc1ccccc1)NCCCc1ccc(N2CCCC2)cc1. The van der Waals surface area contributed by atoms with E-state index in [4.69, 9.17) is 0 Å². The molecule has 25 heavy (non-hydrogen) atoms. The Morgan fingerprint density at radius 2 is 1.56 bits per heavy atom. The van der Waals surface area contributed by atoms with E-state index in [2.05, 4.69) is 33.9 Å². The molecule has 1 N–H and O–H groups in total. The Balaban J connectivity index is 1.42. The predicted octanol–water partition coefficient (Wildman–Crippen LogP) is 3.34. The van der Waals surface area contributed by atoms with E-state index in [9.17, 15) is 8.42 Å². The van der Waals surface area contributed by atoms with Crippen LogP contribution in [0.25, 0.3) is 0 Å². The highest BCUT2D eigenvalue weighted by Crippen LogP contribution is 2.20. The zero-order valence-corrected chi connectivity index (χ0v) is 15.3. The maximum absolute atomic E-state index is 12.1. The van der Waals surface area contributed by atoms with Gasteiger partial charge in [0.25, 0.3) is 0 Å². The number of nitrogens with one attached hydrogen (secondary N) is 1. The topological polar surface area (TPSA) is 49.4 Å². The summed E-state index contributed by atoms with van der Waals surface area (Å²) in [6.45, 7) is 2.79. The van der Waals surface area contributed by atoms with Gasteiger partial charge in [-0.15, -0.1) is 0 Å². The van der Waals surface area contributed by atoms with Crippen LogP contribution in [0, 0.1) is 0 Å². The van der Waals surface area contributed by atoms with Gasteiger partial charge in [-0.2, -0.15) is 0 Å². The molecule has 0 saturated carbocycles. The number of hydrogen-bond acceptors (Lipinski definition) is 3. The van der Waals surface area contributed by atoms with Crippen LogP contribution in [-0.4, -0.2) is 28.1 Å². The number of rotatable bonds is 8. The molecule has 1 fully saturated rings. The summed E-state index contributed by atoms with van der Waals surface area (Å²) in [5, 5.41) is 0. The van der Waals surface area contributed by atoms with Crippen LogP contribution in [0.4, 0.5) is 5.69 Å². The first-order valence-corrected chi connectivity index (χ1v) is 10.6. The van der Waals surface area contributed by atoms with Gasteiger partial charge in [0.15, 0.2) is 0 Å². The molecule has 1 heterocycles. The van der Waals surface area contributed by atoms with Crippen molar-refractivity contribution in [2.75, 3.05) is 24.5 Å². The third kappa shape index (κ3) is 5.58. The maximum atomic E-state index is 12.1. The highest BCUT2D eigenvalue weighted by Gasteiger charge is 2.12. The lowest BCUT2D eigenvalue weighted by Crippen LogP contribution is -2.26. The van der Waals surface area contributed by atoms with Gasteiger partial charge in [0, 0.05) is 25.3 Å². The largest absolute Gasteiger partial charge is 0.372 e. The molecule has 0 amide bonds. The first-order chi connectivity index (χ1) is 12.1. The number of hydrogen-bond donors (Lipinski definition) is 1. The highest BCUT2D eigenvalue weighted by atomic mass is 32.2. The van der Waals surface area contributed by atoms with Crippen molar-refractivity contribution in [3.8, 4) is 0 Å². The van der Waals surface area contributed by atoms with Crippen LogP contribution in [0.1, 0.15) is 30.4 Å². The first-order valence-electron chi connectivity index (χ1n) is 8.97. The first kappa shape index (κ1) is 18.0. The van der Waals surface area contributed by atoms with E-state index in [1.54, 1.807) is 0 Å². The van der Waals surface area contributed by atoms with Gasteiger partial charge in [-0.1, -0.05) is 42.5 Å². The minimum atomic E-state index is -3.26. The van der Waals surface area contributed by atoms with E-state index in [1.807, 2.05) is 30.3 Å². The van der Waals surface area contributed by atoms with Crippen LogP contribution in [0.5, 0.6) is 0 Å². The standard InChI is InChI=1S/C20H26N2O2S/c23-25(24,17-19-7-2-1-3-8-19)21-14-6-9-18-10-12-20(13-11-18)22-15-4-5-16-22/h1-3,7-8,10-13,21H,4-6,9,14-17H2. The van der Waals surface area contributed by atoms with Gasteiger partial charge >= 0.3 is 0 Å². The second-order valence-corrected chi connectivity index (χ2v) is 8.41. The summed E-state index contributed by atoms with van der Waals surface area (Å²) in [7, 11) is -3.26. The molecule has 0 aliphatic carbocycles. The molecule has 3 rings (SSSR count). The Morgan fingerprint density at radius 3 is 2.24 bits per heavy atom. The highest BCUT2D eigenvalue weighted by molar-refractivity contribution is 7.88. The molecule has 0 unspecified atom stereocenters. The number of anilines is 1. The molecule has 0 radical (unpaired) electrons. The summed E-state index contributed by atoms with van der Waals surface area (Å²) in [5.74, 6) is 0.0401. The van der Waals surface area contributed by atoms with Gasteiger partial charge in [-0.05, 0) is 48.9 Å². The predicted molar refractivity (Wildman–Crippen MR) is 103 cm³/mol. The summed E-state index contributed by atoms with van der Waals surface area (Å²) in [4.78, 5) is 2.42. The van der Waals surface area contributed by atoms with Gasteiger partial charge in [-0.3, -0.25) is 0 Å². The lowest BCUT2D eigenvalue weighted by Gasteiger charge is -2.17. The van der Waals surface area contributed by atoms with Gasteiger partial charge in [0.2, 0.25) is 10.0 Å². The average molecular weight is 359 g/mol. The van der Waals surface area contributed by atoms with Crippen LogP contribution in [0.2, 0.25) is 0 Å². The van der Waals surface area contributed by atoms with Crippen molar-refractivity contribution < 1.29 is 8.42 Å². The normalized spacial score (nSPS) is 14.8. The van der Waals surface area contributed by atoms with Crippen molar-refractivity contribution in [2.45, 2.75) is 31.4 Å². The summed E-state index contributed by atoms with van der Waals surface area (Å²) in [5.41, 5.74) is 3.36. The minimum Gasteiger partial charge on any atom is -0.372 e. The van der Waals surface area contributed by atoms with E-state index in [0.29, 0.717) is 6.54 Å². The van der Waals surface area contributed by atoms with Gasteiger partial charge in [0.05, 0.1) is 5.75 Å². The Labute approximate surface area is 150 Å². The fourth-order valence-corrected chi connectivity index (χ4v) is 4.40. The second kappa shape index (κ2) is 8.50. The number of benzene rings is 2. The zero-order valence-electron chi connectivity index (χ0n) is 14.5. The quantitative estimate of drug-likeness (QED) is 0.736. The third-order valence-electron chi connectivity index (χ3n) is 4.57. The molecule has 2 aromatic rings. The Kier molecular flexibility index (Phi) is 6.10. The summed E-state index contributed by atoms with van der Waals surface area (Å²) < 4.78 is 26.9. The third-order valence-corrected chi connectivity index (χ3v) is 5.93. The van der Waals surface area contributed by atoms with E-state index in [0.717, 1.165) is 31.5 Å². The van der Waals surface area contributed by atoms with Crippen LogP contribution in [-0.2, 0) is 22.2 Å². The second-order valence-electron chi connectivity index (χ2n) is 6.60. The molecule has 0 bridgehead atoms. The van der Waals surface area contributed by atoms with Gasteiger partial charge < -0.3 is 4.90 Å². The molecule has 5 heteroatoms. The van der Waals surface area contributed by atoms with Crippen molar-refractivity contribution in [1.82, 2.24) is 4.72 Å². The number of sulfonamides is 1. The molecule has 0 spiro atoms. The molecular weight excluding hydrogens is 332 g/mol. The molecule has 134 valence electrons. The fraction of sp³-hybridized carbons (Fsp3) is 0.400. The van der Waals surface area contributed by atoms with Crippen LogP contribution < -0.4 is 9.62 Å². The molecule has 0 atom stereocenters. The number of aryl methyl sites for hydroxylation is 1. The Hall–Kier alpha value is -1.85. The zero-order chi connectivity index (χ0) is 17.5. The smallest absolute Gasteiger partial charge is 0.215 e. The summed E-state index contributed by atoms with van der Waals surface area (Å²) >= 11 is 0. The monoisotopic (exact) mass is 358 g/mol. The lowest BCUT2D eigenvalue weighted by molar-refractivity contribution is 0.578. The fourth-order valence-electron chi connectivity index (χ4n) is 3.21. The maximum Gasteiger partial charge on any atom is 0.215 e. The molecular formula is C20H26N2O2S. The minimum absolute atomic E-state index is 0.0401. The van der Waals surface area contributed by atoms with Gasteiger partial charge in [0.1, 0.15) is 0 Å². The van der Waals surface area contributed by atoms with E-state index >= 15 is 0 Å². The molecule has 0 aromatic heterocycles. The van der Waals surface area contributed by atoms with Crippen molar-refractivity contribution >= 4 is 15.7 Å². The molecule has 2 aromatic carbocycles. The van der Waals surface area contributed by atoms with E-state index in [1.165, 1.54) is 24.1 Å². The lowest BCUT2D eigenvalue weighted by atomic mass is 10.1. The van der Waals surface area contributed by atoms with Gasteiger partial charge in [-0.25, -0.2) is 13.1 Å². The summed E-state index contributed by atoms with van der Waals surface area (Å²) in [6, 6.07) is 18.0. The van der Waals surface area contributed by atoms with Crippen LogP contribution in [0.15, 0.2) is 54.6 Å². The average Bonchev–Trinajstić information content (AvgIpc) is 3.14. The van der Waals surface area contributed by atoms with Crippen molar-refractivity contribution in [3.63, 3.8) is 0 Å². The van der Waals surface area contributed by atoms with Crippen molar-refractivity contribution in [1.29, 1.82) is 0 Å². The van der Waals surface area contributed by atoms with Crippen molar-refractivity contribution in [2.24, 2.45) is 0 Å². The Morgan fingerprint density at radius 1 is 0.880 bits per heavy atom. The summed E-state index contributed by atoms with van der Waals surface area (Å²) in [6.07, 6.45) is 4.25. The molecule has 1 aliphatic heterocycles. The van der Waals surface area contributed by atoms with E-state index < -0.39 is 10.0 Å². The molecule has 1 aliphatic rings. The van der Waals surface area contributed by atoms with Crippen LogP contribution in [0.3, 0.4) is 0 Å².